The average Bonchev–Trinajstić information content (AvgIpc) is 2.65. The van der Waals surface area contributed by atoms with Crippen LogP contribution in [0, 0.1) is 5.92 Å². The molecular weight excluding hydrogens is 204 g/mol. The average molecular weight is 226 g/mol. The number of aromatic nitrogens is 2. The maximum Gasteiger partial charge on any atom is 0.0792 e. The van der Waals surface area contributed by atoms with Gasteiger partial charge in [-0.2, -0.15) is 5.10 Å². The molecule has 0 fully saturated rings. The Kier molecular flexibility index (Phi) is 5.49. The number of hydrogen-bond acceptors (Lipinski definition) is 3. The summed E-state index contributed by atoms with van der Waals surface area (Å²) in [5.74, 6) is 0.687. The number of rotatable bonds is 7. The highest BCUT2D eigenvalue weighted by Crippen LogP contribution is 2.09. The van der Waals surface area contributed by atoms with Crippen LogP contribution in [0.4, 0.5) is 0 Å². The lowest BCUT2D eigenvalue weighted by Gasteiger charge is -2.06. The molecule has 1 atom stereocenters. The Morgan fingerprint density at radius 2 is 2.12 bits per heavy atom. The van der Waals surface area contributed by atoms with Gasteiger partial charge in [0.25, 0.3) is 0 Å². The minimum absolute atomic E-state index is 0.449. The third-order valence-corrected chi connectivity index (χ3v) is 2.44. The van der Waals surface area contributed by atoms with Crippen molar-refractivity contribution in [2.45, 2.75) is 39.8 Å². The minimum atomic E-state index is -0.449. The molecule has 1 aromatic rings. The zero-order valence-corrected chi connectivity index (χ0v) is 10.4. The number of hydrogen-bond donors (Lipinski definition) is 1. The molecule has 0 saturated heterocycles. The van der Waals surface area contributed by atoms with E-state index in [4.69, 9.17) is 4.74 Å². The Hall–Kier alpha value is -0.870. The number of aliphatic hydroxyl groups is 1. The molecule has 4 nitrogen and oxygen atoms in total. The largest absolute Gasteiger partial charge is 0.389 e. The van der Waals surface area contributed by atoms with Crippen molar-refractivity contribution >= 4 is 0 Å². The van der Waals surface area contributed by atoms with E-state index in [0.29, 0.717) is 12.5 Å². The smallest absolute Gasteiger partial charge is 0.0792 e. The van der Waals surface area contributed by atoms with E-state index in [1.807, 2.05) is 6.20 Å². The molecule has 0 saturated carbocycles. The summed E-state index contributed by atoms with van der Waals surface area (Å²) in [7, 11) is 0. The van der Waals surface area contributed by atoms with Crippen molar-refractivity contribution in [2.24, 2.45) is 5.92 Å². The second-order valence-electron chi connectivity index (χ2n) is 4.51. The zero-order valence-electron chi connectivity index (χ0n) is 10.4. The van der Waals surface area contributed by atoms with Crippen molar-refractivity contribution < 1.29 is 9.84 Å². The molecule has 1 heterocycles. The summed E-state index contributed by atoms with van der Waals surface area (Å²) in [6.07, 6.45) is 4.20. The minimum Gasteiger partial charge on any atom is -0.389 e. The molecule has 4 heteroatoms. The van der Waals surface area contributed by atoms with Gasteiger partial charge < -0.3 is 9.84 Å². The summed E-state index contributed by atoms with van der Waals surface area (Å²) < 4.78 is 7.30. The monoisotopic (exact) mass is 226 g/mol. The van der Waals surface area contributed by atoms with Gasteiger partial charge in [-0.25, -0.2) is 0 Å². The molecule has 92 valence electrons. The van der Waals surface area contributed by atoms with E-state index in [9.17, 15) is 5.11 Å². The van der Waals surface area contributed by atoms with Gasteiger partial charge in [-0.15, -0.1) is 0 Å². The first-order valence-corrected chi connectivity index (χ1v) is 5.87. The van der Waals surface area contributed by atoms with Crippen LogP contribution < -0.4 is 0 Å². The summed E-state index contributed by atoms with van der Waals surface area (Å²) in [4.78, 5) is 0. The van der Waals surface area contributed by atoms with Gasteiger partial charge in [0.15, 0.2) is 0 Å². The van der Waals surface area contributed by atoms with Crippen LogP contribution in [-0.2, 0) is 11.3 Å². The van der Waals surface area contributed by atoms with Crippen LogP contribution in [-0.4, -0.2) is 28.1 Å². The SMILES string of the molecule is CC(C)CCOCCn1cc(C(C)O)cn1. The van der Waals surface area contributed by atoms with Crippen LogP contribution in [0.3, 0.4) is 0 Å². The molecule has 1 aromatic heterocycles. The quantitative estimate of drug-likeness (QED) is 0.723. The third-order valence-electron chi connectivity index (χ3n) is 2.44. The highest BCUT2D eigenvalue weighted by Gasteiger charge is 2.03. The van der Waals surface area contributed by atoms with Gasteiger partial charge in [-0.1, -0.05) is 13.8 Å². The first-order valence-electron chi connectivity index (χ1n) is 5.87. The number of ether oxygens (including phenoxy) is 1. The second-order valence-corrected chi connectivity index (χ2v) is 4.51. The van der Waals surface area contributed by atoms with Gasteiger partial charge >= 0.3 is 0 Å². The fraction of sp³-hybridized carbons (Fsp3) is 0.750. The number of nitrogens with zero attached hydrogens (tertiary/aromatic N) is 2. The Labute approximate surface area is 97.2 Å². The summed E-state index contributed by atoms with van der Waals surface area (Å²) >= 11 is 0. The molecule has 1 unspecified atom stereocenters. The predicted molar refractivity (Wildman–Crippen MR) is 63.1 cm³/mol. The standard InChI is InChI=1S/C12H22N2O2/c1-10(2)4-6-16-7-5-14-9-12(8-13-14)11(3)15/h8-11,15H,4-7H2,1-3H3. The lowest BCUT2D eigenvalue weighted by Crippen LogP contribution is -2.08. The van der Waals surface area contributed by atoms with Crippen molar-refractivity contribution in [3.8, 4) is 0 Å². The van der Waals surface area contributed by atoms with Gasteiger partial charge in [0, 0.05) is 18.4 Å². The van der Waals surface area contributed by atoms with Crippen molar-refractivity contribution in [3.63, 3.8) is 0 Å². The predicted octanol–water partition coefficient (Wildman–Crippen LogP) is 2.00. The van der Waals surface area contributed by atoms with Crippen LogP contribution in [0.15, 0.2) is 12.4 Å². The van der Waals surface area contributed by atoms with Gasteiger partial charge in [-0.3, -0.25) is 4.68 Å². The van der Waals surface area contributed by atoms with Gasteiger partial charge in [0.05, 0.1) is 25.5 Å². The molecule has 0 bridgehead atoms. The van der Waals surface area contributed by atoms with Gasteiger partial charge in [-0.05, 0) is 19.3 Å². The summed E-state index contributed by atoms with van der Waals surface area (Å²) in [5.41, 5.74) is 0.849. The van der Waals surface area contributed by atoms with E-state index >= 15 is 0 Å². The Bertz CT molecular complexity index is 295. The fourth-order valence-electron chi connectivity index (χ4n) is 1.30. The van der Waals surface area contributed by atoms with E-state index in [1.54, 1.807) is 17.8 Å². The Morgan fingerprint density at radius 3 is 2.69 bits per heavy atom. The molecule has 0 aromatic carbocycles. The maximum absolute atomic E-state index is 9.32. The van der Waals surface area contributed by atoms with E-state index in [2.05, 4.69) is 18.9 Å². The fourth-order valence-corrected chi connectivity index (χ4v) is 1.30. The topological polar surface area (TPSA) is 47.3 Å². The normalized spacial score (nSPS) is 13.3. The summed E-state index contributed by atoms with van der Waals surface area (Å²) in [6.45, 7) is 8.33. The molecule has 0 spiro atoms. The second kappa shape index (κ2) is 6.66. The summed E-state index contributed by atoms with van der Waals surface area (Å²) in [5, 5.41) is 13.5. The Morgan fingerprint density at radius 1 is 1.38 bits per heavy atom. The van der Waals surface area contributed by atoms with Crippen LogP contribution >= 0.6 is 0 Å². The van der Waals surface area contributed by atoms with E-state index in [0.717, 1.165) is 25.1 Å². The maximum atomic E-state index is 9.32. The first kappa shape index (κ1) is 13.2. The van der Waals surface area contributed by atoms with Gasteiger partial charge in [0.2, 0.25) is 0 Å². The van der Waals surface area contributed by atoms with Crippen molar-refractivity contribution in [2.75, 3.05) is 13.2 Å². The third kappa shape index (κ3) is 4.77. The summed E-state index contributed by atoms with van der Waals surface area (Å²) in [6, 6.07) is 0. The zero-order chi connectivity index (χ0) is 12.0. The van der Waals surface area contributed by atoms with Crippen LogP contribution in [0.2, 0.25) is 0 Å². The highest BCUT2D eigenvalue weighted by atomic mass is 16.5. The van der Waals surface area contributed by atoms with Crippen LogP contribution in [0.5, 0.6) is 0 Å². The first-order chi connectivity index (χ1) is 7.59. The molecule has 1 N–H and O–H groups in total. The van der Waals surface area contributed by atoms with E-state index in [1.165, 1.54) is 0 Å². The Balaban J connectivity index is 2.17. The molecular formula is C12H22N2O2. The lowest BCUT2D eigenvalue weighted by atomic mass is 10.1. The van der Waals surface area contributed by atoms with Crippen LogP contribution in [0.1, 0.15) is 38.9 Å². The molecule has 16 heavy (non-hydrogen) atoms. The van der Waals surface area contributed by atoms with Crippen molar-refractivity contribution in [3.05, 3.63) is 18.0 Å². The highest BCUT2D eigenvalue weighted by molar-refractivity contribution is 5.06. The molecule has 0 radical (unpaired) electrons. The molecule has 0 aliphatic heterocycles. The lowest BCUT2D eigenvalue weighted by molar-refractivity contribution is 0.114. The van der Waals surface area contributed by atoms with E-state index < -0.39 is 6.10 Å². The molecule has 0 aliphatic rings. The van der Waals surface area contributed by atoms with E-state index in [-0.39, 0.29) is 0 Å². The van der Waals surface area contributed by atoms with Crippen molar-refractivity contribution in [1.29, 1.82) is 0 Å². The van der Waals surface area contributed by atoms with Gasteiger partial charge in [0.1, 0.15) is 0 Å². The van der Waals surface area contributed by atoms with Crippen LogP contribution in [0.25, 0.3) is 0 Å². The molecule has 1 rings (SSSR count). The van der Waals surface area contributed by atoms with Crippen molar-refractivity contribution in [1.82, 2.24) is 9.78 Å². The molecule has 0 amide bonds. The molecule has 0 aliphatic carbocycles. The number of aliphatic hydroxyl groups excluding tert-OH is 1.